The molecule has 0 radical (unpaired) electrons. The number of nitrogens with two attached hydrogens (primary N) is 1. The summed E-state index contributed by atoms with van der Waals surface area (Å²) in [6, 6.07) is 8.78. The van der Waals surface area contributed by atoms with Gasteiger partial charge in [0.15, 0.2) is 0 Å². The summed E-state index contributed by atoms with van der Waals surface area (Å²) in [6.07, 6.45) is 0. The molecule has 0 saturated carbocycles. The van der Waals surface area contributed by atoms with Crippen molar-refractivity contribution in [3.63, 3.8) is 0 Å². The van der Waals surface area contributed by atoms with Crippen LogP contribution in [0.4, 0.5) is 11.4 Å². The number of hydrogen-bond donors (Lipinski definition) is 1. The van der Waals surface area contributed by atoms with E-state index in [2.05, 4.69) is 0 Å². The quantitative estimate of drug-likeness (QED) is 0.636. The maximum atomic E-state index is 11.9. The van der Waals surface area contributed by atoms with E-state index in [1.165, 1.54) is 9.80 Å². The largest absolute Gasteiger partial charge is 0.397 e. The second-order valence-electron chi connectivity index (χ2n) is 4.15. The summed E-state index contributed by atoms with van der Waals surface area (Å²) >= 11 is 0. The highest BCUT2D eigenvalue weighted by atomic mass is 16.2. The van der Waals surface area contributed by atoms with E-state index >= 15 is 0 Å². The van der Waals surface area contributed by atoms with E-state index in [4.69, 9.17) is 16.3 Å². The van der Waals surface area contributed by atoms with Crippen LogP contribution in [0.5, 0.6) is 0 Å². The summed E-state index contributed by atoms with van der Waals surface area (Å²) in [7, 11) is 3.31. The number of nitrogens with zero attached hydrogens (tertiary/aromatic N) is 4. The first-order valence-electron chi connectivity index (χ1n) is 5.61. The predicted octanol–water partition coefficient (Wildman–Crippen LogP) is 0.824. The highest BCUT2D eigenvalue weighted by Crippen LogP contribution is 2.24. The first kappa shape index (κ1) is 14.3. The van der Waals surface area contributed by atoms with Gasteiger partial charge in [0.2, 0.25) is 0 Å². The fourth-order valence-corrected chi connectivity index (χ4v) is 1.61. The molecule has 6 heteroatoms. The van der Waals surface area contributed by atoms with Crippen LogP contribution in [0.25, 0.3) is 0 Å². The lowest BCUT2D eigenvalue weighted by Crippen LogP contribution is -2.26. The molecular formula is C13H15N5O. The Morgan fingerprint density at radius 3 is 2.32 bits per heavy atom. The van der Waals surface area contributed by atoms with E-state index in [9.17, 15) is 4.79 Å². The summed E-state index contributed by atoms with van der Waals surface area (Å²) < 4.78 is 0. The first-order valence-corrected chi connectivity index (χ1v) is 5.61. The van der Waals surface area contributed by atoms with Crippen molar-refractivity contribution in [1.82, 2.24) is 4.90 Å². The molecule has 0 aromatic heterocycles. The minimum Gasteiger partial charge on any atom is -0.397 e. The molecule has 0 heterocycles. The number of nitrogen functional groups attached to an aromatic ring is 1. The number of rotatable bonds is 4. The van der Waals surface area contributed by atoms with Crippen molar-refractivity contribution in [2.75, 3.05) is 37.8 Å². The molecule has 0 atom stereocenters. The SMILES string of the molecule is CN(C)C(=O)c1ccc(N)c(N(CC#N)CC#N)c1. The number of carbonyl (C=O) groups is 1. The molecular weight excluding hydrogens is 242 g/mol. The molecule has 0 bridgehead atoms. The van der Waals surface area contributed by atoms with Gasteiger partial charge in [-0.2, -0.15) is 10.5 Å². The lowest BCUT2D eigenvalue weighted by Gasteiger charge is -2.21. The molecule has 0 aliphatic rings. The van der Waals surface area contributed by atoms with Crippen molar-refractivity contribution in [3.05, 3.63) is 23.8 Å². The second kappa shape index (κ2) is 6.27. The molecule has 0 saturated heterocycles. The van der Waals surface area contributed by atoms with Gasteiger partial charge in [0.05, 0.1) is 23.5 Å². The Labute approximate surface area is 112 Å². The van der Waals surface area contributed by atoms with E-state index in [1.54, 1.807) is 32.3 Å². The van der Waals surface area contributed by atoms with E-state index in [-0.39, 0.29) is 19.0 Å². The summed E-state index contributed by atoms with van der Waals surface area (Å²) in [6.45, 7) is 0.0781. The monoisotopic (exact) mass is 257 g/mol. The maximum Gasteiger partial charge on any atom is 0.253 e. The minimum atomic E-state index is -0.157. The smallest absolute Gasteiger partial charge is 0.253 e. The van der Waals surface area contributed by atoms with E-state index in [1.807, 2.05) is 12.1 Å². The molecule has 0 aliphatic heterocycles. The third-order valence-corrected chi connectivity index (χ3v) is 2.55. The standard InChI is InChI=1S/C13H15N5O/c1-17(2)13(19)10-3-4-11(16)12(9-10)18(7-5-14)8-6-15/h3-4,9H,7-8,16H2,1-2H3. The fourth-order valence-electron chi connectivity index (χ4n) is 1.61. The van der Waals surface area contributed by atoms with Crippen LogP contribution < -0.4 is 10.6 Å². The molecule has 6 nitrogen and oxygen atoms in total. The van der Waals surface area contributed by atoms with Gasteiger partial charge in [-0.1, -0.05) is 0 Å². The van der Waals surface area contributed by atoms with Gasteiger partial charge < -0.3 is 15.5 Å². The topological polar surface area (TPSA) is 97.2 Å². The van der Waals surface area contributed by atoms with Crippen LogP contribution in [0.1, 0.15) is 10.4 Å². The minimum absolute atomic E-state index is 0.0391. The maximum absolute atomic E-state index is 11.9. The van der Waals surface area contributed by atoms with Crippen molar-refractivity contribution >= 4 is 17.3 Å². The van der Waals surface area contributed by atoms with E-state index < -0.39 is 0 Å². The van der Waals surface area contributed by atoms with Crippen molar-refractivity contribution in [3.8, 4) is 12.1 Å². The highest BCUT2D eigenvalue weighted by molar-refractivity contribution is 5.96. The Morgan fingerprint density at radius 2 is 1.84 bits per heavy atom. The summed E-state index contributed by atoms with van der Waals surface area (Å²) in [4.78, 5) is 14.9. The molecule has 0 aliphatic carbocycles. The van der Waals surface area contributed by atoms with Gasteiger partial charge >= 0.3 is 0 Å². The summed E-state index contributed by atoms with van der Waals surface area (Å²) in [5.41, 5.74) is 7.26. The Bertz CT molecular complexity index is 537. The molecule has 98 valence electrons. The number of benzene rings is 1. The fraction of sp³-hybridized carbons (Fsp3) is 0.308. The van der Waals surface area contributed by atoms with Crippen LogP contribution in [-0.2, 0) is 0 Å². The third-order valence-electron chi connectivity index (χ3n) is 2.55. The third kappa shape index (κ3) is 3.36. The number of hydrogen-bond acceptors (Lipinski definition) is 5. The normalized spacial score (nSPS) is 9.26. The summed E-state index contributed by atoms with van der Waals surface area (Å²) in [5, 5.41) is 17.5. The molecule has 19 heavy (non-hydrogen) atoms. The highest BCUT2D eigenvalue weighted by Gasteiger charge is 2.14. The van der Waals surface area contributed by atoms with Gasteiger partial charge in [-0.3, -0.25) is 4.79 Å². The van der Waals surface area contributed by atoms with E-state index in [0.29, 0.717) is 16.9 Å². The predicted molar refractivity (Wildman–Crippen MR) is 72.3 cm³/mol. The lowest BCUT2D eigenvalue weighted by molar-refractivity contribution is 0.0827. The molecule has 0 spiro atoms. The molecule has 1 aromatic rings. The molecule has 2 N–H and O–H groups in total. The lowest BCUT2D eigenvalue weighted by atomic mass is 10.1. The number of carbonyl (C=O) groups excluding carboxylic acids is 1. The van der Waals surface area contributed by atoms with Gasteiger partial charge in [-0.15, -0.1) is 0 Å². The van der Waals surface area contributed by atoms with Crippen molar-refractivity contribution in [2.45, 2.75) is 0 Å². The molecule has 1 aromatic carbocycles. The van der Waals surface area contributed by atoms with Gasteiger partial charge in [0.25, 0.3) is 5.91 Å². The van der Waals surface area contributed by atoms with Crippen LogP contribution in [0, 0.1) is 22.7 Å². The molecule has 0 unspecified atom stereocenters. The van der Waals surface area contributed by atoms with Crippen molar-refractivity contribution < 1.29 is 4.79 Å². The molecule has 1 rings (SSSR count). The average molecular weight is 257 g/mol. The van der Waals surface area contributed by atoms with Gasteiger partial charge in [-0.25, -0.2) is 0 Å². The van der Waals surface area contributed by atoms with Crippen molar-refractivity contribution in [2.24, 2.45) is 0 Å². The van der Waals surface area contributed by atoms with Crippen LogP contribution in [-0.4, -0.2) is 38.0 Å². The number of nitriles is 2. The van der Waals surface area contributed by atoms with Crippen LogP contribution in [0.15, 0.2) is 18.2 Å². The number of amides is 1. The van der Waals surface area contributed by atoms with E-state index in [0.717, 1.165) is 0 Å². The zero-order valence-electron chi connectivity index (χ0n) is 10.9. The van der Waals surface area contributed by atoms with Gasteiger partial charge in [-0.05, 0) is 18.2 Å². The molecule has 0 fully saturated rings. The van der Waals surface area contributed by atoms with Crippen molar-refractivity contribution in [1.29, 1.82) is 10.5 Å². The van der Waals surface area contributed by atoms with Crippen LogP contribution in [0.3, 0.4) is 0 Å². The Hall–Kier alpha value is -2.73. The number of anilines is 2. The molecule has 1 amide bonds. The summed E-state index contributed by atoms with van der Waals surface area (Å²) in [5.74, 6) is -0.157. The first-order chi connectivity index (χ1) is 9.01. The zero-order valence-corrected chi connectivity index (χ0v) is 10.9. The van der Waals surface area contributed by atoms with Gasteiger partial charge in [0, 0.05) is 19.7 Å². The van der Waals surface area contributed by atoms with Crippen LogP contribution >= 0.6 is 0 Å². The average Bonchev–Trinajstić information content (AvgIpc) is 2.38. The van der Waals surface area contributed by atoms with Gasteiger partial charge in [0.1, 0.15) is 13.1 Å². The second-order valence-corrected chi connectivity index (χ2v) is 4.15. The zero-order chi connectivity index (χ0) is 14.4. The Kier molecular flexibility index (Phi) is 4.73. The Balaban J connectivity index is 3.19. The van der Waals surface area contributed by atoms with Crippen LogP contribution in [0.2, 0.25) is 0 Å². The Morgan fingerprint density at radius 1 is 1.26 bits per heavy atom.